The SMILES string of the molecule is COc1ccc2ccccc2c1-c1cc(C(=O)NN=C(C)c2ccc(Br)cc2)[nH]n1. The number of aromatic amines is 1. The number of benzene rings is 3. The molecule has 1 heterocycles. The molecule has 4 aromatic rings. The predicted molar refractivity (Wildman–Crippen MR) is 122 cm³/mol. The molecule has 0 saturated carbocycles. The van der Waals surface area contributed by atoms with Gasteiger partial charge in [0.15, 0.2) is 0 Å². The zero-order chi connectivity index (χ0) is 21.1. The van der Waals surface area contributed by atoms with Crippen molar-refractivity contribution in [3.8, 4) is 17.0 Å². The second kappa shape index (κ2) is 8.51. The summed E-state index contributed by atoms with van der Waals surface area (Å²) in [7, 11) is 1.62. The first-order valence-electron chi connectivity index (χ1n) is 9.29. The van der Waals surface area contributed by atoms with Gasteiger partial charge in [-0.2, -0.15) is 10.2 Å². The Morgan fingerprint density at radius 3 is 2.63 bits per heavy atom. The molecule has 4 rings (SSSR count). The lowest BCUT2D eigenvalue weighted by Gasteiger charge is -2.09. The Bertz CT molecular complexity index is 1250. The van der Waals surface area contributed by atoms with E-state index in [-0.39, 0.29) is 5.91 Å². The number of rotatable bonds is 5. The maximum Gasteiger partial charge on any atom is 0.289 e. The summed E-state index contributed by atoms with van der Waals surface area (Å²) >= 11 is 3.40. The molecule has 1 amide bonds. The lowest BCUT2D eigenvalue weighted by atomic mass is 10.0. The van der Waals surface area contributed by atoms with Gasteiger partial charge in [-0.3, -0.25) is 9.89 Å². The molecule has 0 spiro atoms. The quantitative estimate of drug-likeness (QED) is 0.317. The van der Waals surface area contributed by atoms with Crippen LogP contribution in [0.1, 0.15) is 23.0 Å². The average Bonchev–Trinajstić information content (AvgIpc) is 3.26. The van der Waals surface area contributed by atoms with Crippen molar-refractivity contribution in [1.29, 1.82) is 0 Å². The second-order valence-electron chi connectivity index (χ2n) is 6.68. The molecular formula is C23H19BrN4O2. The van der Waals surface area contributed by atoms with Crippen LogP contribution in [-0.4, -0.2) is 28.9 Å². The van der Waals surface area contributed by atoms with Crippen molar-refractivity contribution < 1.29 is 9.53 Å². The molecule has 30 heavy (non-hydrogen) atoms. The van der Waals surface area contributed by atoms with Crippen LogP contribution in [0.15, 0.2) is 76.3 Å². The van der Waals surface area contributed by atoms with Crippen molar-refractivity contribution in [3.05, 3.63) is 82.5 Å². The number of hydrazone groups is 1. The molecule has 0 radical (unpaired) electrons. The molecule has 6 nitrogen and oxygen atoms in total. The van der Waals surface area contributed by atoms with Crippen molar-refractivity contribution in [1.82, 2.24) is 15.6 Å². The van der Waals surface area contributed by atoms with E-state index in [9.17, 15) is 4.79 Å². The highest BCUT2D eigenvalue weighted by Gasteiger charge is 2.16. The monoisotopic (exact) mass is 462 g/mol. The van der Waals surface area contributed by atoms with Crippen LogP contribution in [0.25, 0.3) is 22.0 Å². The fourth-order valence-corrected chi connectivity index (χ4v) is 3.47. The number of hydrogen-bond acceptors (Lipinski definition) is 4. The first-order chi connectivity index (χ1) is 14.6. The standard InChI is InChI=1S/C23H19BrN4O2/c1-14(15-7-10-17(24)11-8-15)25-28-23(29)20-13-19(26-27-20)22-18-6-4-3-5-16(18)9-12-21(22)30-2/h3-13H,1-2H3,(H,26,27)(H,28,29). The van der Waals surface area contributed by atoms with E-state index in [0.29, 0.717) is 22.8 Å². The Morgan fingerprint density at radius 1 is 1.10 bits per heavy atom. The second-order valence-corrected chi connectivity index (χ2v) is 7.59. The summed E-state index contributed by atoms with van der Waals surface area (Å²) in [6.07, 6.45) is 0. The van der Waals surface area contributed by atoms with Crippen LogP contribution in [0.4, 0.5) is 0 Å². The maximum atomic E-state index is 12.6. The Morgan fingerprint density at radius 2 is 1.87 bits per heavy atom. The van der Waals surface area contributed by atoms with Crippen LogP contribution in [0, 0.1) is 0 Å². The van der Waals surface area contributed by atoms with E-state index >= 15 is 0 Å². The number of fused-ring (bicyclic) bond motifs is 1. The van der Waals surface area contributed by atoms with Crippen LogP contribution < -0.4 is 10.2 Å². The molecule has 150 valence electrons. The number of nitrogens with zero attached hydrogens (tertiary/aromatic N) is 2. The van der Waals surface area contributed by atoms with Gasteiger partial charge in [0.25, 0.3) is 5.91 Å². The van der Waals surface area contributed by atoms with Gasteiger partial charge in [0.2, 0.25) is 0 Å². The van der Waals surface area contributed by atoms with Crippen molar-refractivity contribution >= 4 is 38.3 Å². The minimum absolute atomic E-state index is 0.312. The number of nitrogens with one attached hydrogen (secondary N) is 2. The van der Waals surface area contributed by atoms with Gasteiger partial charge in [-0.05, 0) is 47.5 Å². The van der Waals surface area contributed by atoms with Crippen LogP contribution in [-0.2, 0) is 0 Å². The van der Waals surface area contributed by atoms with Crippen molar-refractivity contribution in [2.24, 2.45) is 5.10 Å². The molecule has 3 aromatic carbocycles. The molecule has 0 fully saturated rings. The lowest BCUT2D eigenvalue weighted by molar-refractivity contribution is 0.0950. The lowest BCUT2D eigenvalue weighted by Crippen LogP contribution is -2.19. The van der Waals surface area contributed by atoms with E-state index in [1.807, 2.05) is 67.6 Å². The van der Waals surface area contributed by atoms with Crippen LogP contribution in [0.5, 0.6) is 5.75 Å². The van der Waals surface area contributed by atoms with Gasteiger partial charge in [0.05, 0.1) is 24.1 Å². The van der Waals surface area contributed by atoms with Gasteiger partial charge >= 0.3 is 0 Å². The number of H-pyrrole nitrogens is 1. The fourth-order valence-electron chi connectivity index (χ4n) is 3.20. The Hall–Kier alpha value is -3.45. The molecule has 2 N–H and O–H groups in total. The molecule has 0 aliphatic rings. The molecule has 0 saturated heterocycles. The Labute approximate surface area is 182 Å². The van der Waals surface area contributed by atoms with E-state index in [1.54, 1.807) is 13.2 Å². The van der Waals surface area contributed by atoms with Crippen LogP contribution in [0.3, 0.4) is 0 Å². The summed E-state index contributed by atoms with van der Waals surface area (Å²) in [6.45, 7) is 1.84. The largest absolute Gasteiger partial charge is 0.496 e. The summed E-state index contributed by atoms with van der Waals surface area (Å²) in [4.78, 5) is 12.6. The number of hydrogen-bond donors (Lipinski definition) is 2. The van der Waals surface area contributed by atoms with Crippen LogP contribution >= 0.6 is 15.9 Å². The van der Waals surface area contributed by atoms with Crippen molar-refractivity contribution in [3.63, 3.8) is 0 Å². The fraction of sp³-hybridized carbons (Fsp3) is 0.0870. The molecule has 0 bridgehead atoms. The first kappa shape index (κ1) is 19.8. The highest BCUT2D eigenvalue weighted by Crippen LogP contribution is 2.36. The van der Waals surface area contributed by atoms with Crippen molar-refractivity contribution in [2.45, 2.75) is 6.92 Å². The highest BCUT2D eigenvalue weighted by molar-refractivity contribution is 9.10. The third-order valence-electron chi connectivity index (χ3n) is 4.78. The normalized spacial score (nSPS) is 11.5. The summed E-state index contributed by atoms with van der Waals surface area (Å²) in [6, 6.07) is 21.3. The zero-order valence-electron chi connectivity index (χ0n) is 16.4. The summed E-state index contributed by atoms with van der Waals surface area (Å²) in [5.74, 6) is 0.320. The van der Waals surface area contributed by atoms with E-state index in [1.165, 1.54) is 0 Å². The maximum absolute atomic E-state index is 12.6. The van der Waals surface area contributed by atoms with Gasteiger partial charge < -0.3 is 4.74 Å². The number of methoxy groups -OCH3 is 1. The molecule has 0 aliphatic heterocycles. The number of carbonyl (C=O) groups is 1. The highest BCUT2D eigenvalue weighted by atomic mass is 79.9. The summed E-state index contributed by atoms with van der Waals surface area (Å²) in [5, 5.41) is 13.4. The third kappa shape index (κ3) is 3.97. The third-order valence-corrected chi connectivity index (χ3v) is 5.31. The van der Waals surface area contributed by atoms with Crippen LogP contribution in [0.2, 0.25) is 0 Å². The van der Waals surface area contributed by atoms with Gasteiger partial charge in [0.1, 0.15) is 11.4 Å². The number of carbonyl (C=O) groups excluding carboxylic acids is 1. The van der Waals surface area contributed by atoms with E-state index in [4.69, 9.17) is 4.74 Å². The minimum atomic E-state index is -0.371. The molecule has 0 atom stereocenters. The molecule has 1 aromatic heterocycles. The van der Waals surface area contributed by atoms with E-state index in [2.05, 4.69) is 36.7 Å². The summed E-state index contributed by atoms with van der Waals surface area (Å²) < 4.78 is 6.52. The molecule has 7 heteroatoms. The predicted octanol–water partition coefficient (Wildman–Crippen LogP) is 5.16. The van der Waals surface area contributed by atoms with Gasteiger partial charge in [0, 0.05) is 4.47 Å². The Kier molecular flexibility index (Phi) is 5.63. The van der Waals surface area contributed by atoms with Gasteiger partial charge in [-0.1, -0.05) is 58.4 Å². The van der Waals surface area contributed by atoms with E-state index in [0.717, 1.165) is 26.4 Å². The van der Waals surface area contributed by atoms with Gasteiger partial charge in [-0.25, -0.2) is 5.43 Å². The average molecular weight is 463 g/mol. The zero-order valence-corrected chi connectivity index (χ0v) is 18.0. The Balaban J connectivity index is 1.60. The number of aromatic nitrogens is 2. The molecular weight excluding hydrogens is 444 g/mol. The molecule has 0 aliphatic carbocycles. The van der Waals surface area contributed by atoms with Crippen molar-refractivity contribution in [2.75, 3.05) is 7.11 Å². The minimum Gasteiger partial charge on any atom is -0.496 e. The summed E-state index contributed by atoms with van der Waals surface area (Å²) in [5.41, 5.74) is 5.97. The number of amides is 1. The first-order valence-corrected chi connectivity index (χ1v) is 10.1. The number of ether oxygens (including phenoxy) is 1. The van der Waals surface area contributed by atoms with E-state index < -0.39 is 0 Å². The molecule has 0 unspecified atom stereocenters. The topological polar surface area (TPSA) is 79.4 Å². The smallest absolute Gasteiger partial charge is 0.289 e. The number of halogens is 1. The van der Waals surface area contributed by atoms with Gasteiger partial charge in [-0.15, -0.1) is 0 Å².